The van der Waals surface area contributed by atoms with E-state index < -0.39 is 17.8 Å². The molecule has 4 heterocycles. The van der Waals surface area contributed by atoms with Crippen LogP contribution in [0.2, 0.25) is 0 Å². The average Bonchev–Trinajstić information content (AvgIpc) is 2.85. The van der Waals surface area contributed by atoms with Crippen molar-refractivity contribution < 1.29 is 18.6 Å². The molecule has 0 radical (unpaired) electrons. The first-order chi connectivity index (χ1) is 16.1. The molecule has 6 nitrogen and oxygen atoms in total. The van der Waals surface area contributed by atoms with Gasteiger partial charge in [-0.05, 0) is 59.5 Å². The summed E-state index contributed by atoms with van der Waals surface area (Å²) in [4.78, 5) is 8.33. The van der Waals surface area contributed by atoms with Gasteiger partial charge in [0.15, 0.2) is 5.60 Å². The average molecular weight is 443 g/mol. The number of halogens is 1. The van der Waals surface area contributed by atoms with Gasteiger partial charge >= 0.3 is 0 Å². The summed E-state index contributed by atoms with van der Waals surface area (Å²) < 4.78 is 32.6. The number of aromatic nitrogens is 1. The van der Waals surface area contributed by atoms with Crippen molar-refractivity contribution in [3.63, 3.8) is 0 Å². The van der Waals surface area contributed by atoms with E-state index in [1.54, 1.807) is 18.3 Å². The number of nitrogens with two attached hydrogens (primary N) is 1. The minimum absolute atomic E-state index is 0.367. The highest BCUT2D eigenvalue weighted by Gasteiger charge is 2.45. The molecule has 7 heteroatoms. The molecule has 2 N–H and O–H groups in total. The van der Waals surface area contributed by atoms with Gasteiger partial charge in [0, 0.05) is 29.1 Å². The third-order valence-electron chi connectivity index (χ3n) is 6.28. The lowest BCUT2D eigenvalue weighted by molar-refractivity contribution is -0.0313. The molecule has 33 heavy (non-hydrogen) atoms. The van der Waals surface area contributed by atoms with Crippen LogP contribution in [-0.2, 0) is 15.1 Å². The number of ether oxygens (including phenoxy) is 3. The van der Waals surface area contributed by atoms with Gasteiger partial charge in [-0.25, -0.2) is 4.98 Å². The second-order valence-electron chi connectivity index (χ2n) is 8.31. The van der Waals surface area contributed by atoms with Gasteiger partial charge in [0.2, 0.25) is 5.95 Å². The summed E-state index contributed by atoms with van der Waals surface area (Å²) >= 11 is 0. The molecule has 3 aliphatic rings. The quantitative estimate of drug-likeness (QED) is 0.593. The van der Waals surface area contributed by atoms with E-state index >= 15 is 0 Å². The number of pyridine rings is 1. The molecule has 0 saturated heterocycles. The summed E-state index contributed by atoms with van der Waals surface area (Å²) in [7, 11) is 0. The number of hydrogen-bond donors (Lipinski definition) is 1. The van der Waals surface area contributed by atoms with Crippen LogP contribution < -0.4 is 10.5 Å². The van der Waals surface area contributed by atoms with Crippen molar-refractivity contribution in [1.29, 1.82) is 0 Å². The highest BCUT2D eigenvalue weighted by molar-refractivity contribution is 5.85. The molecule has 0 aliphatic carbocycles. The maximum Gasteiger partial charge on any atom is 0.220 e. The minimum Gasteiger partial charge on any atom is -0.457 e. The second-order valence-corrected chi connectivity index (χ2v) is 8.31. The largest absolute Gasteiger partial charge is 0.457 e. The smallest absolute Gasteiger partial charge is 0.220 e. The summed E-state index contributed by atoms with van der Waals surface area (Å²) in [6.07, 6.45) is 5.57. The zero-order chi connectivity index (χ0) is 22.4. The van der Waals surface area contributed by atoms with Gasteiger partial charge < -0.3 is 19.9 Å². The van der Waals surface area contributed by atoms with E-state index in [1.807, 2.05) is 30.3 Å². The minimum atomic E-state index is -1.04. The highest BCUT2D eigenvalue weighted by Crippen LogP contribution is 2.51. The number of aliphatic imine (C=N–C) groups is 1. The van der Waals surface area contributed by atoms with Crippen LogP contribution in [0.15, 0.2) is 65.8 Å². The lowest BCUT2D eigenvalue weighted by Gasteiger charge is -2.41. The summed E-state index contributed by atoms with van der Waals surface area (Å²) in [6, 6.07) is 15.0. The van der Waals surface area contributed by atoms with Crippen LogP contribution >= 0.6 is 0 Å². The summed E-state index contributed by atoms with van der Waals surface area (Å²) in [5, 5.41) is 0. The van der Waals surface area contributed by atoms with Crippen molar-refractivity contribution in [3.05, 3.63) is 83.4 Å². The first-order valence-corrected chi connectivity index (χ1v) is 10.9. The number of rotatable bonds is 2. The molecule has 0 bridgehead atoms. The van der Waals surface area contributed by atoms with Crippen LogP contribution in [0.1, 0.15) is 23.1 Å². The van der Waals surface area contributed by atoms with E-state index in [-0.39, 0.29) is 0 Å². The Labute approximate surface area is 190 Å². The van der Waals surface area contributed by atoms with Crippen LogP contribution in [0.3, 0.4) is 0 Å². The van der Waals surface area contributed by atoms with Crippen LogP contribution in [0.4, 0.5) is 4.39 Å². The van der Waals surface area contributed by atoms with Gasteiger partial charge in [-0.3, -0.25) is 4.99 Å². The Morgan fingerprint density at radius 3 is 2.55 bits per heavy atom. The van der Waals surface area contributed by atoms with Gasteiger partial charge in [0.25, 0.3) is 0 Å². The predicted molar refractivity (Wildman–Crippen MR) is 123 cm³/mol. The Balaban J connectivity index is 1.55. The Morgan fingerprint density at radius 1 is 1.03 bits per heavy atom. The standard InChI is InChI=1S/C26H22FN3O3/c27-25-19(2-1-9-30-25)18-4-6-23-21(13-18)26(15-29-14-24(28)33-26)20-12-17(3-5-22(20)32-23)16-7-10-31-11-8-16/h1-7,9,12-13,15,24H,8,10-11,14,28H2/t24?,26-/m1/s1. The fourth-order valence-electron chi connectivity index (χ4n) is 4.70. The molecule has 1 aromatic heterocycles. The third kappa shape index (κ3) is 3.36. The highest BCUT2D eigenvalue weighted by atomic mass is 19.1. The van der Waals surface area contributed by atoms with Crippen molar-refractivity contribution in [2.24, 2.45) is 10.7 Å². The van der Waals surface area contributed by atoms with Crippen molar-refractivity contribution in [1.82, 2.24) is 4.98 Å². The molecular formula is C26H22FN3O3. The van der Waals surface area contributed by atoms with E-state index in [1.165, 1.54) is 11.8 Å². The van der Waals surface area contributed by atoms with Gasteiger partial charge in [-0.2, -0.15) is 4.39 Å². The Morgan fingerprint density at radius 2 is 1.82 bits per heavy atom. The fourth-order valence-corrected chi connectivity index (χ4v) is 4.70. The maximum atomic E-state index is 14.5. The van der Waals surface area contributed by atoms with E-state index in [2.05, 4.69) is 22.1 Å². The molecule has 166 valence electrons. The van der Waals surface area contributed by atoms with Crippen molar-refractivity contribution in [3.8, 4) is 22.6 Å². The Hall–Kier alpha value is -3.39. The van der Waals surface area contributed by atoms with Crippen LogP contribution in [0.25, 0.3) is 16.7 Å². The van der Waals surface area contributed by atoms with Gasteiger partial charge in [-0.15, -0.1) is 0 Å². The third-order valence-corrected chi connectivity index (χ3v) is 6.28. The van der Waals surface area contributed by atoms with E-state index in [0.29, 0.717) is 42.4 Å². The fraction of sp³-hybridized carbons (Fsp3) is 0.231. The molecule has 2 atom stereocenters. The molecule has 0 fully saturated rings. The van der Waals surface area contributed by atoms with E-state index in [4.69, 9.17) is 19.9 Å². The molecule has 1 spiro atoms. The lowest BCUT2D eigenvalue weighted by Crippen LogP contribution is -2.46. The van der Waals surface area contributed by atoms with Crippen molar-refractivity contribution in [2.75, 3.05) is 19.8 Å². The molecule has 6 rings (SSSR count). The molecule has 2 aromatic carbocycles. The van der Waals surface area contributed by atoms with Crippen molar-refractivity contribution in [2.45, 2.75) is 18.2 Å². The maximum absolute atomic E-state index is 14.5. The first kappa shape index (κ1) is 20.2. The monoisotopic (exact) mass is 443 g/mol. The van der Waals surface area contributed by atoms with Crippen LogP contribution in [0, 0.1) is 5.95 Å². The zero-order valence-corrected chi connectivity index (χ0v) is 17.8. The van der Waals surface area contributed by atoms with E-state index in [0.717, 1.165) is 23.1 Å². The lowest BCUT2D eigenvalue weighted by atomic mass is 9.80. The van der Waals surface area contributed by atoms with Crippen LogP contribution in [0.5, 0.6) is 11.5 Å². The number of benzene rings is 2. The second kappa shape index (κ2) is 7.88. The molecule has 3 aromatic rings. The molecular weight excluding hydrogens is 421 g/mol. The van der Waals surface area contributed by atoms with E-state index in [9.17, 15) is 4.39 Å². The normalized spacial score (nSPS) is 23.5. The van der Waals surface area contributed by atoms with Gasteiger partial charge in [-0.1, -0.05) is 18.2 Å². The Bertz CT molecular complexity index is 1310. The topological polar surface area (TPSA) is 79.0 Å². The number of hydrogen-bond acceptors (Lipinski definition) is 6. The van der Waals surface area contributed by atoms with Crippen molar-refractivity contribution >= 4 is 11.8 Å². The SMILES string of the molecule is NC1CN=C[C@@]2(O1)c1cc(C3=CCOCC3)ccc1Oc1ccc(-c3cccnc3F)cc12. The summed E-state index contributed by atoms with van der Waals surface area (Å²) in [5.41, 5.74) is 10.1. The predicted octanol–water partition coefficient (Wildman–Crippen LogP) is 4.43. The number of nitrogens with zero attached hydrogens (tertiary/aromatic N) is 2. The zero-order valence-electron chi connectivity index (χ0n) is 17.8. The molecule has 3 aliphatic heterocycles. The van der Waals surface area contributed by atoms with Gasteiger partial charge in [0.05, 0.1) is 19.8 Å². The summed E-state index contributed by atoms with van der Waals surface area (Å²) in [5.74, 6) is 0.765. The Kier molecular flexibility index (Phi) is 4.83. The summed E-state index contributed by atoms with van der Waals surface area (Å²) in [6.45, 7) is 1.66. The van der Waals surface area contributed by atoms with Gasteiger partial charge in [0.1, 0.15) is 17.7 Å². The molecule has 0 saturated carbocycles. The van der Waals surface area contributed by atoms with Crippen LogP contribution in [-0.4, -0.2) is 37.2 Å². The number of fused-ring (bicyclic) bond motifs is 4. The molecule has 0 amide bonds. The molecule has 1 unspecified atom stereocenters. The first-order valence-electron chi connectivity index (χ1n) is 10.9.